The Bertz CT molecular complexity index is 1050. The normalized spacial score (nSPS) is 17.5. The minimum absolute atomic E-state index is 0.0153. The summed E-state index contributed by atoms with van der Waals surface area (Å²) in [4.78, 5) is 29.8. The fourth-order valence-electron chi connectivity index (χ4n) is 3.95. The lowest BCUT2D eigenvalue weighted by atomic mass is 9.94. The molecule has 33 heavy (non-hydrogen) atoms. The van der Waals surface area contributed by atoms with Crippen LogP contribution in [0.3, 0.4) is 0 Å². The van der Waals surface area contributed by atoms with E-state index in [9.17, 15) is 14.7 Å². The van der Waals surface area contributed by atoms with Crippen molar-refractivity contribution >= 4 is 17.4 Å². The lowest BCUT2D eigenvalue weighted by Gasteiger charge is -2.27. The molecule has 3 rings (SSSR count). The quantitative estimate of drug-likeness (QED) is 0.354. The van der Waals surface area contributed by atoms with Gasteiger partial charge in [-0.25, -0.2) is 0 Å². The first-order valence-electron chi connectivity index (χ1n) is 10.6. The van der Waals surface area contributed by atoms with Gasteiger partial charge in [0.15, 0.2) is 0 Å². The molecule has 0 bridgehead atoms. The van der Waals surface area contributed by atoms with Gasteiger partial charge in [0.1, 0.15) is 23.0 Å². The van der Waals surface area contributed by atoms with Crippen LogP contribution in [0.15, 0.2) is 48.0 Å². The highest BCUT2D eigenvalue weighted by atomic mass is 16.5. The van der Waals surface area contributed by atoms with E-state index in [2.05, 4.69) is 0 Å². The number of carbonyl (C=O) groups is 2. The van der Waals surface area contributed by atoms with E-state index in [1.165, 1.54) is 19.1 Å². The van der Waals surface area contributed by atoms with Gasteiger partial charge in [-0.05, 0) is 69.5 Å². The molecule has 1 atom stereocenters. The van der Waals surface area contributed by atoms with E-state index in [4.69, 9.17) is 14.2 Å². The predicted molar refractivity (Wildman–Crippen MR) is 125 cm³/mol. The molecule has 1 fully saturated rings. The van der Waals surface area contributed by atoms with Gasteiger partial charge in [-0.15, -0.1) is 0 Å². The van der Waals surface area contributed by atoms with Gasteiger partial charge in [0.2, 0.25) is 0 Å². The maximum atomic E-state index is 13.2. The summed E-state index contributed by atoms with van der Waals surface area (Å²) in [5, 5.41) is 11.2. The van der Waals surface area contributed by atoms with Crippen molar-refractivity contribution in [1.29, 1.82) is 0 Å². The maximum Gasteiger partial charge on any atom is 0.295 e. The smallest absolute Gasteiger partial charge is 0.295 e. The maximum absolute atomic E-state index is 13.2. The van der Waals surface area contributed by atoms with Crippen molar-refractivity contribution in [2.45, 2.75) is 12.5 Å². The second-order valence-electron chi connectivity index (χ2n) is 7.99. The van der Waals surface area contributed by atoms with Crippen molar-refractivity contribution < 1.29 is 28.9 Å². The number of hydrogen-bond donors (Lipinski definition) is 1. The van der Waals surface area contributed by atoms with Crippen LogP contribution in [0.5, 0.6) is 17.2 Å². The number of aliphatic hydroxyl groups excluding tert-OH is 1. The molecule has 1 aliphatic rings. The third-order valence-electron chi connectivity index (χ3n) is 5.64. The molecule has 1 aliphatic heterocycles. The number of hydrogen-bond acceptors (Lipinski definition) is 7. The molecule has 0 spiro atoms. The summed E-state index contributed by atoms with van der Waals surface area (Å²) in [5.74, 6) is 0.0134. The Morgan fingerprint density at radius 3 is 2.18 bits per heavy atom. The third kappa shape index (κ3) is 4.96. The number of amides is 1. The van der Waals surface area contributed by atoms with Gasteiger partial charge in [0.05, 0.1) is 32.9 Å². The van der Waals surface area contributed by atoms with Crippen molar-refractivity contribution in [3.05, 3.63) is 59.2 Å². The zero-order valence-corrected chi connectivity index (χ0v) is 19.6. The molecule has 2 aromatic rings. The van der Waals surface area contributed by atoms with Crippen molar-refractivity contribution in [2.24, 2.45) is 0 Å². The molecule has 0 aliphatic carbocycles. The predicted octanol–water partition coefficient (Wildman–Crippen LogP) is 3.09. The third-order valence-corrected chi connectivity index (χ3v) is 5.64. The Labute approximate surface area is 194 Å². The van der Waals surface area contributed by atoms with E-state index in [1.54, 1.807) is 49.6 Å². The fraction of sp³-hybridized carbons (Fsp3) is 0.360. The Kier molecular flexibility index (Phi) is 7.60. The number of Topliss-reactive ketones (excluding diaryl/α,β-unsaturated/α-hetero) is 1. The summed E-state index contributed by atoms with van der Waals surface area (Å²) in [6.45, 7) is 1.08. The summed E-state index contributed by atoms with van der Waals surface area (Å²) in [7, 11) is 8.49. The number of benzene rings is 2. The number of ketones is 1. The molecule has 1 N–H and O–H groups in total. The number of nitrogens with zero attached hydrogens (tertiary/aromatic N) is 2. The number of aliphatic hydroxyl groups is 1. The number of ether oxygens (including phenoxy) is 3. The zero-order chi connectivity index (χ0) is 24.1. The topological polar surface area (TPSA) is 88.5 Å². The number of likely N-dealkylation sites (tertiary alicyclic amines) is 1. The van der Waals surface area contributed by atoms with Gasteiger partial charge in [-0.1, -0.05) is 0 Å². The zero-order valence-electron chi connectivity index (χ0n) is 19.6. The summed E-state index contributed by atoms with van der Waals surface area (Å²) in [5.41, 5.74) is 0.992. The Morgan fingerprint density at radius 1 is 0.970 bits per heavy atom. The molecule has 0 unspecified atom stereocenters. The van der Waals surface area contributed by atoms with Crippen molar-refractivity contribution in [1.82, 2.24) is 9.80 Å². The molecule has 1 amide bonds. The minimum Gasteiger partial charge on any atom is -0.507 e. The van der Waals surface area contributed by atoms with Crippen molar-refractivity contribution in [3.63, 3.8) is 0 Å². The highest BCUT2D eigenvalue weighted by Crippen LogP contribution is 2.44. The molecule has 0 aromatic heterocycles. The van der Waals surface area contributed by atoms with E-state index in [0.717, 1.165) is 6.54 Å². The Balaban J connectivity index is 2.17. The van der Waals surface area contributed by atoms with Gasteiger partial charge in [0.25, 0.3) is 11.7 Å². The molecule has 0 radical (unpaired) electrons. The van der Waals surface area contributed by atoms with Crippen LogP contribution in [0, 0.1) is 0 Å². The second-order valence-corrected chi connectivity index (χ2v) is 7.99. The Hall–Kier alpha value is -3.52. The van der Waals surface area contributed by atoms with E-state index >= 15 is 0 Å². The largest absolute Gasteiger partial charge is 0.507 e. The molecule has 8 nitrogen and oxygen atoms in total. The average Bonchev–Trinajstić information content (AvgIpc) is 3.07. The first-order valence-corrected chi connectivity index (χ1v) is 10.6. The summed E-state index contributed by atoms with van der Waals surface area (Å²) in [6, 6.07) is 11.0. The summed E-state index contributed by atoms with van der Waals surface area (Å²) < 4.78 is 16.1. The van der Waals surface area contributed by atoms with Crippen LogP contribution in [0.25, 0.3) is 5.76 Å². The molecular weight excluding hydrogens is 424 g/mol. The minimum atomic E-state index is -0.820. The summed E-state index contributed by atoms with van der Waals surface area (Å²) in [6.07, 6.45) is 0.658. The SMILES string of the molecule is COc1ccc(C(O)=C2C(=O)C(=O)N(CCCN(C)C)[C@@H]2c2cc(OC)ccc2OC)cc1. The van der Waals surface area contributed by atoms with E-state index in [1.807, 2.05) is 19.0 Å². The molecule has 0 saturated carbocycles. The second kappa shape index (κ2) is 10.4. The van der Waals surface area contributed by atoms with Crippen LogP contribution in [-0.4, -0.2) is 75.1 Å². The van der Waals surface area contributed by atoms with Gasteiger partial charge in [-0.2, -0.15) is 0 Å². The van der Waals surface area contributed by atoms with E-state index in [-0.39, 0.29) is 11.3 Å². The molecule has 8 heteroatoms. The standard InChI is InChI=1S/C25H30N2O6/c1-26(2)13-6-14-27-22(19-15-18(32-4)11-12-20(19)33-5)21(24(29)25(27)30)23(28)16-7-9-17(31-3)10-8-16/h7-12,15,22,28H,6,13-14H2,1-5H3/t22-/m1/s1. The van der Waals surface area contributed by atoms with Crippen LogP contribution in [0.2, 0.25) is 0 Å². The first-order chi connectivity index (χ1) is 15.8. The van der Waals surface area contributed by atoms with Gasteiger partial charge in [-0.3, -0.25) is 9.59 Å². The van der Waals surface area contributed by atoms with Crippen LogP contribution in [0.4, 0.5) is 0 Å². The van der Waals surface area contributed by atoms with Crippen LogP contribution >= 0.6 is 0 Å². The average molecular weight is 455 g/mol. The van der Waals surface area contributed by atoms with E-state index in [0.29, 0.717) is 41.3 Å². The fourth-order valence-corrected chi connectivity index (χ4v) is 3.95. The van der Waals surface area contributed by atoms with Crippen LogP contribution in [-0.2, 0) is 9.59 Å². The van der Waals surface area contributed by atoms with Gasteiger partial charge >= 0.3 is 0 Å². The molecule has 2 aromatic carbocycles. The highest BCUT2D eigenvalue weighted by Gasteiger charge is 2.47. The molecule has 176 valence electrons. The number of methoxy groups -OCH3 is 3. The van der Waals surface area contributed by atoms with Crippen LogP contribution < -0.4 is 14.2 Å². The lowest BCUT2D eigenvalue weighted by molar-refractivity contribution is -0.140. The van der Waals surface area contributed by atoms with Crippen molar-refractivity contribution in [2.75, 3.05) is 48.5 Å². The van der Waals surface area contributed by atoms with Gasteiger partial charge in [0, 0.05) is 17.7 Å². The molecular formula is C25H30N2O6. The monoisotopic (exact) mass is 454 g/mol. The van der Waals surface area contributed by atoms with Crippen LogP contribution in [0.1, 0.15) is 23.6 Å². The molecule has 1 heterocycles. The van der Waals surface area contributed by atoms with Crippen molar-refractivity contribution in [3.8, 4) is 17.2 Å². The Morgan fingerprint density at radius 2 is 1.61 bits per heavy atom. The highest BCUT2D eigenvalue weighted by molar-refractivity contribution is 6.46. The lowest BCUT2D eigenvalue weighted by Crippen LogP contribution is -2.32. The first kappa shape index (κ1) is 24.1. The summed E-state index contributed by atoms with van der Waals surface area (Å²) >= 11 is 0. The van der Waals surface area contributed by atoms with E-state index < -0.39 is 17.7 Å². The van der Waals surface area contributed by atoms with Gasteiger partial charge < -0.3 is 29.1 Å². The number of carbonyl (C=O) groups excluding carboxylic acids is 2. The molecule has 1 saturated heterocycles. The number of rotatable bonds is 9.